The van der Waals surface area contributed by atoms with Crippen LogP contribution in [0, 0.1) is 11.3 Å². The van der Waals surface area contributed by atoms with Crippen molar-refractivity contribution in [2.75, 3.05) is 0 Å². The predicted octanol–water partition coefficient (Wildman–Crippen LogP) is 2.26. The van der Waals surface area contributed by atoms with Crippen molar-refractivity contribution >= 4 is 0 Å². The number of hydrogen-bond donors (Lipinski definition) is 1. The molecule has 0 amide bonds. The van der Waals surface area contributed by atoms with Crippen LogP contribution in [0.5, 0.6) is 5.75 Å². The van der Waals surface area contributed by atoms with Crippen LogP contribution in [0.1, 0.15) is 25.8 Å². The average Bonchev–Trinajstić information content (AvgIpc) is 2.31. The number of hydrogen-bond acceptors (Lipinski definition) is 3. The van der Waals surface area contributed by atoms with Gasteiger partial charge in [-0.3, -0.25) is 0 Å². The van der Waals surface area contributed by atoms with Crippen LogP contribution >= 0.6 is 0 Å². The van der Waals surface area contributed by atoms with Gasteiger partial charge < -0.3 is 10.5 Å². The molecule has 0 heterocycles. The molecular formula is C13H18N2O. The van der Waals surface area contributed by atoms with Crippen molar-refractivity contribution < 1.29 is 4.74 Å². The van der Waals surface area contributed by atoms with Crippen LogP contribution in [0.3, 0.4) is 0 Å². The van der Waals surface area contributed by atoms with Crippen LogP contribution in [0.2, 0.25) is 0 Å². The molecular weight excluding hydrogens is 200 g/mol. The van der Waals surface area contributed by atoms with Crippen LogP contribution in [-0.2, 0) is 6.42 Å². The molecule has 0 bridgehead atoms. The lowest BCUT2D eigenvalue weighted by molar-refractivity contribution is 0.276. The third-order valence-electron chi connectivity index (χ3n) is 2.44. The molecule has 1 rings (SSSR count). The van der Waals surface area contributed by atoms with Gasteiger partial charge in [-0.25, -0.2) is 0 Å². The Labute approximate surface area is 96.8 Å². The van der Waals surface area contributed by atoms with E-state index < -0.39 is 6.10 Å². The lowest BCUT2D eigenvalue weighted by Crippen LogP contribution is -2.21. The molecule has 1 aromatic rings. The van der Waals surface area contributed by atoms with E-state index in [2.05, 4.69) is 6.92 Å². The second-order valence-electron chi connectivity index (χ2n) is 3.91. The first-order valence-corrected chi connectivity index (χ1v) is 5.56. The minimum absolute atomic E-state index is 0.213. The normalized spacial score (nSPS) is 13.9. The van der Waals surface area contributed by atoms with E-state index in [0.29, 0.717) is 0 Å². The Morgan fingerprint density at radius 1 is 1.38 bits per heavy atom. The van der Waals surface area contributed by atoms with E-state index in [9.17, 15) is 0 Å². The molecule has 0 saturated carbocycles. The fourth-order valence-corrected chi connectivity index (χ4v) is 1.38. The largest absolute Gasteiger partial charge is 0.476 e. The first-order chi connectivity index (χ1) is 7.65. The minimum Gasteiger partial charge on any atom is -0.476 e. The monoisotopic (exact) mass is 218 g/mol. The van der Waals surface area contributed by atoms with Gasteiger partial charge in [0.1, 0.15) is 11.8 Å². The van der Waals surface area contributed by atoms with Gasteiger partial charge in [-0.15, -0.1) is 0 Å². The topological polar surface area (TPSA) is 59.0 Å². The molecule has 3 nitrogen and oxygen atoms in total. The van der Waals surface area contributed by atoms with Crippen molar-refractivity contribution in [1.29, 1.82) is 5.26 Å². The van der Waals surface area contributed by atoms with Crippen LogP contribution in [0.15, 0.2) is 24.3 Å². The Kier molecular flexibility index (Phi) is 4.81. The number of nitrogens with zero attached hydrogens (tertiary/aromatic N) is 1. The molecule has 0 radical (unpaired) electrons. The number of ether oxygens (including phenoxy) is 1. The van der Waals surface area contributed by atoms with Crippen molar-refractivity contribution in [3.63, 3.8) is 0 Å². The lowest BCUT2D eigenvalue weighted by Gasteiger charge is -2.10. The Balaban J connectivity index is 2.58. The van der Waals surface area contributed by atoms with Crippen LogP contribution in [-0.4, -0.2) is 12.1 Å². The Hall–Kier alpha value is -1.53. The van der Waals surface area contributed by atoms with Gasteiger partial charge in [0.15, 0.2) is 6.10 Å². The van der Waals surface area contributed by atoms with Gasteiger partial charge in [-0.2, -0.15) is 5.26 Å². The molecule has 0 saturated heterocycles. The Bertz CT molecular complexity index is 353. The van der Waals surface area contributed by atoms with Crippen molar-refractivity contribution in [1.82, 2.24) is 0 Å². The summed E-state index contributed by atoms with van der Waals surface area (Å²) in [6, 6.07) is 9.99. The first-order valence-electron chi connectivity index (χ1n) is 5.56. The minimum atomic E-state index is -0.413. The van der Waals surface area contributed by atoms with Gasteiger partial charge in [0, 0.05) is 6.04 Å². The lowest BCUT2D eigenvalue weighted by atomic mass is 10.0. The third kappa shape index (κ3) is 3.92. The Morgan fingerprint density at radius 3 is 2.50 bits per heavy atom. The molecule has 2 N–H and O–H groups in total. The molecule has 0 fully saturated rings. The van der Waals surface area contributed by atoms with Crippen molar-refractivity contribution in [2.24, 2.45) is 5.73 Å². The molecule has 0 aliphatic carbocycles. The molecule has 0 aliphatic rings. The number of nitrogens with two attached hydrogens (primary N) is 1. The molecule has 0 aromatic heterocycles. The summed E-state index contributed by atoms with van der Waals surface area (Å²) in [7, 11) is 0. The SMILES string of the molecule is CCC(N)Cc1ccc(OC(C)C#N)cc1. The molecule has 3 heteroatoms. The van der Waals surface area contributed by atoms with E-state index in [0.717, 1.165) is 18.6 Å². The van der Waals surface area contributed by atoms with Crippen molar-refractivity contribution in [2.45, 2.75) is 38.8 Å². The fourth-order valence-electron chi connectivity index (χ4n) is 1.38. The highest BCUT2D eigenvalue weighted by Crippen LogP contribution is 2.14. The molecule has 0 aliphatic heterocycles. The maximum Gasteiger partial charge on any atom is 0.181 e. The van der Waals surface area contributed by atoms with Gasteiger partial charge >= 0.3 is 0 Å². The number of nitriles is 1. The summed E-state index contributed by atoms with van der Waals surface area (Å²) in [5.74, 6) is 0.725. The van der Waals surface area contributed by atoms with Crippen molar-refractivity contribution in [3.8, 4) is 11.8 Å². The zero-order chi connectivity index (χ0) is 12.0. The maximum absolute atomic E-state index is 8.61. The predicted molar refractivity (Wildman–Crippen MR) is 64.1 cm³/mol. The molecule has 16 heavy (non-hydrogen) atoms. The third-order valence-corrected chi connectivity index (χ3v) is 2.44. The molecule has 0 spiro atoms. The van der Waals surface area contributed by atoms with E-state index in [1.165, 1.54) is 5.56 Å². The van der Waals surface area contributed by atoms with Crippen molar-refractivity contribution in [3.05, 3.63) is 29.8 Å². The second kappa shape index (κ2) is 6.14. The fraction of sp³-hybridized carbons (Fsp3) is 0.462. The zero-order valence-electron chi connectivity index (χ0n) is 9.81. The number of benzene rings is 1. The van der Waals surface area contributed by atoms with Gasteiger partial charge in [0.05, 0.1) is 0 Å². The molecule has 2 unspecified atom stereocenters. The maximum atomic E-state index is 8.61. The summed E-state index contributed by atoms with van der Waals surface area (Å²) in [6.07, 6.45) is 1.44. The highest BCUT2D eigenvalue weighted by atomic mass is 16.5. The summed E-state index contributed by atoms with van der Waals surface area (Å²) in [5, 5.41) is 8.61. The Morgan fingerprint density at radius 2 is 2.00 bits per heavy atom. The summed E-state index contributed by atoms with van der Waals surface area (Å²) < 4.78 is 5.36. The quantitative estimate of drug-likeness (QED) is 0.824. The highest BCUT2D eigenvalue weighted by molar-refractivity contribution is 5.28. The molecule has 1 aromatic carbocycles. The molecule has 2 atom stereocenters. The van der Waals surface area contributed by atoms with Crippen LogP contribution in [0.4, 0.5) is 0 Å². The summed E-state index contributed by atoms with van der Waals surface area (Å²) in [5.41, 5.74) is 7.07. The molecule has 86 valence electrons. The van der Waals surface area contributed by atoms with Gasteiger partial charge in [0.2, 0.25) is 0 Å². The van der Waals surface area contributed by atoms with Gasteiger partial charge in [-0.1, -0.05) is 19.1 Å². The summed E-state index contributed by atoms with van der Waals surface area (Å²) in [6.45, 7) is 3.80. The summed E-state index contributed by atoms with van der Waals surface area (Å²) in [4.78, 5) is 0. The van der Waals surface area contributed by atoms with E-state index in [-0.39, 0.29) is 6.04 Å². The average molecular weight is 218 g/mol. The highest BCUT2D eigenvalue weighted by Gasteiger charge is 2.03. The first kappa shape index (κ1) is 12.5. The second-order valence-corrected chi connectivity index (χ2v) is 3.91. The van der Waals surface area contributed by atoms with E-state index >= 15 is 0 Å². The van der Waals surface area contributed by atoms with Gasteiger partial charge in [0.25, 0.3) is 0 Å². The van der Waals surface area contributed by atoms with E-state index in [1.807, 2.05) is 30.3 Å². The van der Waals surface area contributed by atoms with Gasteiger partial charge in [-0.05, 0) is 37.5 Å². The number of rotatable bonds is 5. The standard InChI is InChI=1S/C13H18N2O/c1-3-12(15)8-11-4-6-13(7-5-11)16-10(2)9-14/h4-7,10,12H,3,8,15H2,1-2H3. The zero-order valence-corrected chi connectivity index (χ0v) is 9.81. The van der Waals surface area contributed by atoms with E-state index in [4.69, 9.17) is 15.7 Å². The smallest absolute Gasteiger partial charge is 0.181 e. The van der Waals surface area contributed by atoms with Crippen LogP contribution in [0.25, 0.3) is 0 Å². The van der Waals surface area contributed by atoms with E-state index in [1.54, 1.807) is 6.92 Å². The summed E-state index contributed by atoms with van der Waals surface area (Å²) >= 11 is 0. The van der Waals surface area contributed by atoms with Crippen LogP contribution < -0.4 is 10.5 Å².